The third-order valence-corrected chi connectivity index (χ3v) is 3.01. The van der Waals surface area contributed by atoms with Crippen LogP contribution in [0.5, 0.6) is 0 Å². The molecule has 96 valence electrons. The van der Waals surface area contributed by atoms with Crippen LogP contribution in [0.1, 0.15) is 44.3 Å². The standard InChI is InChI=1S/C13H22N2O2/c1-2-6-14-10-13-15-9-12(17-13)8-11-5-3-4-7-16-11/h9,11,14H,2-8,10H2,1H3. The van der Waals surface area contributed by atoms with E-state index in [-0.39, 0.29) is 0 Å². The molecule has 1 unspecified atom stereocenters. The predicted octanol–water partition coefficient (Wildman–Crippen LogP) is 2.29. The van der Waals surface area contributed by atoms with Gasteiger partial charge in [-0.1, -0.05) is 6.92 Å². The van der Waals surface area contributed by atoms with Crippen LogP contribution in [0.3, 0.4) is 0 Å². The fourth-order valence-electron chi connectivity index (χ4n) is 2.09. The maximum absolute atomic E-state index is 5.69. The zero-order valence-corrected chi connectivity index (χ0v) is 10.6. The van der Waals surface area contributed by atoms with Crippen molar-refractivity contribution in [3.8, 4) is 0 Å². The Hall–Kier alpha value is -0.870. The Morgan fingerprint density at radius 3 is 3.18 bits per heavy atom. The van der Waals surface area contributed by atoms with Gasteiger partial charge in [0.1, 0.15) is 5.76 Å². The van der Waals surface area contributed by atoms with Crippen molar-refractivity contribution in [1.29, 1.82) is 0 Å². The number of hydrogen-bond acceptors (Lipinski definition) is 4. The summed E-state index contributed by atoms with van der Waals surface area (Å²) in [4.78, 5) is 4.27. The van der Waals surface area contributed by atoms with E-state index in [1.165, 1.54) is 12.8 Å². The lowest BCUT2D eigenvalue weighted by atomic mass is 10.1. The molecule has 1 aromatic heterocycles. The molecule has 1 aliphatic heterocycles. The lowest BCUT2D eigenvalue weighted by Gasteiger charge is -2.21. The van der Waals surface area contributed by atoms with Crippen LogP contribution < -0.4 is 5.32 Å². The number of nitrogens with one attached hydrogen (secondary N) is 1. The maximum atomic E-state index is 5.69. The van der Waals surface area contributed by atoms with Gasteiger partial charge in [-0.25, -0.2) is 4.98 Å². The summed E-state index contributed by atoms with van der Waals surface area (Å²) in [7, 11) is 0. The van der Waals surface area contributed by atoms with Crippen molar-refractivity contribution in [3.63, 3.8) is 0 Å². The van der Waals surface area contributed by atoms with Gasteiger partial charge in [-0.05, 0) is 32.2 Å². The van der Waals surface area contributed by atoms with Crippen LogP contribution in [-0.4, -0.2) is 24.2 Å². The number of aromatic nitrogens is 1. The number of nitrogens with zero attached hydrogens (tertiary/aromatic N) is 1. The minimum Gasteiger partial charge on any atom is -0.444 e. The number of hydrogen-bond donors (Lipinski definition) is 1. The Morgan fingerprint density at radius 1 is 1.47 bits per heavy atom. The Bertz CT molecular complexity index is 319. The summed E-state index contributed by atoms with van der Waals surface area (Å²) < 4.78 is 11.4. The quantitative estimate of drug-likeness (QED) is 0.772. The summed E-state index contributed by atoms with van der Waals surface area (Å²) in [6.45, 7) is 4.76. The molecule has 4 nitrogen and oxygen atoms in total. The molecule has 0 aromatic carbocycles. The van der Waals surface area contributed by atoms with E-state index in [0.29, 0.717) is 6.10 Å². The molecule has 4 heteroatoms. The SMILES string of the molecule is CCCNCc1ncc(CC2CCCCO2)o1. The van der Waals surface area contributed by atoms with E-state index in [9.17, 15) is 0 Å². The Kier molecular flexibility index (Phi) is 5.01. The summed E-state index contributed by atoms with van der Waals surface area (Å²) in [6.07, 6.45) is 7.76. The second-order valence-electron chi connectivity index (χ2n) is 4.59. The van der Waals surface area contributed by atoms with Crippen LogP contribution in [0.4, 0.5) is 0 Å². The van der Waals surface area contributed by atoms with Gasteiger partial charge >= 0.3 is 0 Å². The molecule has 1 atom stereocenters. The zero-order chi connectivity index (χ0) is 11.9. The van der Waals surface area contributed by atoms with E-state index < -0.39 is 0 Å². The lowest BCUT2D eigenvalue weighted by Crippen LogP contribution is -2.21. The molecule has 2 heterocycles. The van der Waals surface area contributed by atoms with Gasteiger partial charge in [0.25, 0.3) is 0 Å². The highest BCUT2D eigenvalue weighted by atomic mass is 16.5. The molecule has 1 saturated heterocycles. The smallest absolute Gasteiger partial charge is 0.208 e. The van der Waals surface area contributed by atoms with E-state index in [4.69, 9.17) is 9.15 Å². The topological polar surface area (TPSA) is 47.3 Å². The van der Waals surface area contributed by atoms with Gasteiger partial charge in [0.2, 0.25) is 5.89 Å². The average Bonchev–Trinajstić information content (AvgIpc) is 2.79. The number of rotatable bonds is 6. The van der Waals surface area contributed by atoms with Gasteiger partial charge in [0, 0.05) is 13.0 Å². The van der Waals surface area contributed by atoms with E-state index in [1.807, 2.05) is 6.20 Å². The van der Waals surface area contributed by atoms with Crippen LogP contribution in [0.2, 0.25) is 0 Å². The monoisotopic (exact) mass is 238 g/mol. The van der Waals surface area contributed by atoms with Gasteiger partial charge in [-0.2, -0.15) is 0 Å². The average molecular weight is 238 g/mol. The largest absolute Gasteiger partial charge is 0.444 e. The molecule has 17 heavy (non-hydrogen) atoms. The Labute approximate surface area is 103 Å². The molecule has 1 fully saturated rings. The van der Waals surface area contributed by atoms with Crippen molar-refractivity contribution in [2.24, 2.45) is 0 Å². The minimum atomic E-state index is 0.327. The summed E-state index contributed by atoms with van der Waals surface area (Å²) in [5.41, 5.74) is 0. The highest BCUT2D eigenvalue weighted by Crippen LogP contribution is 2.17. The molecule has 1 aromatic rings. The molecule has 0 amide bonds. The molecule has 1 N–H and O–H groups in total. The summed E-state index contributed by atoms with van der Waals surface area (Å²) in [6, 6.07) is 0. The first-order valence-electron chi connectivity index (χ1n) is 6.64. The van der Waals surface area contributed by atoms with Gasteiger partial charge < -0.3 is 14.5 Å². The summed E-state index contributed by atoms with van der Waals surface area (Å²) >= 11 is 0. The van der Waals surface area contributed by atoms with Crippen LogP contribution in [-0.2, 0) is 17.7 Å². The molecule has 0 saturated carbocycles. The van der Waals surface area contributed by atoms with Crippen molar-refractivity contribution in [1.82, 2.24) is 10.3 Å². The van der Waals surface area contributed by atoms with Crippen LogP contribution in [0.25, 0.3) is 0 Å². The van der Waals surface area contributed by atoms with Gasteiger partial charge in [-0.3, -0.25) is 0 Å². The highest BCUT2D eigenvalue weighted by Gasteiger charge is 2.16. The van der Waals surface area contributed by atoms with Crippen molar-refractivity contribution < 1.29 is 9.15 Å². The van der Waals surface area contributed by atoms with Gasteiger partial charge in [0.15, 0.2) is 0 Å². The fraction of sp³-hybridized carbons (Fsp3) is 0.769. The molecule has 0 spiro atoms. The van der Waals surface area contributed by atoms with Crippen LogP contribution in [0, 0.1) is 0 Å². The Morgan fingerprint density at radius 2 is 2.41 bits per heavy atom. The van der Waals surface area contributed by atoms with Gasteiger partial charge in [-0.15, -0.1) is 0 Å². The summed E-state index contributed by atoms with van der Waals surface area (Å²) in [5, 5.41) is 3.28. The van der Waals surface area contributed by atoms with Crippen molar-refractivity contribution >= 4 is 0 Å². The van der Waals surface area contributed by atoms with Crippen LogP contribution >= 0.6 is 0 Å². The number of oxazole rings is 1. The zero-order valence-electron chi connectivity index (χ0n) is 10.6. The second-order valence-corrected chi connectivity index (χ2v) is 4.59. The third-order valence-electron chi connectivity index (χ3n) is 3.01. The molecule has 0 bridgehead atoms. The van der Waals surface area contributed by atoms with Gasteiger partial charge in [0.05, 0.1) is 18.8 Å². The first-order chi connectivity index (χ1) is 8.38. The first kappa shape index (κ1) is 12.6. The minimum absolute atomic E-state index is 0.327. The van der Waals surface area contributed by atoms with E-state index >= 15 is 0 Å². The Balaban J connectivity index is 1.76. The molecular weight excluding hydrogens is 216 g/mol. The van der Waals surface area contributed by atoms with Crippen LogP contribution in [0.15, 0.2) is 10.6 Å². The van der Waals surface area contributed by atoms with E-state index in [0.717, 1.165) is 50.6 Å². The van der Waals surface area contributed by atoms with E-state index in [2.05, 4.69) is 17.2 Å². The molecule has 0 aliphatic carbocycles. The van der Waals surface area contributed by atoms with Crippen molar-refractivity contribution in [3.05, 3.63) is 17.8 Å². The normalized spacial score (nSPS) is 20.6. The highest BCUT2D eigenvalue weighted by molar-refractivity contribution is 4.96. The van der Waals surface area contributed by atoms with Crippen molar-refractivity contribution in [2.45, 2.75) is 51.7 Å². The molecule has 2 rings (SSSR count). The second kappa shape index (κ2) is 6.77. The van der Waals surface area contributed by atoms with E-state index in [1.54, 1.807) is 0 Å². The first-order valence-corrected chi connectivity index (χ1v) is 6.64. The molecule has 1 aliphatic rings. The van der Waals surface area contributed by atoms with Crippen molar-refractivity contribution in [2.75, 3.05) is 13.2 Å². The predicted molar refractivity (Wildman–Crippen MR) is 65.8 cm³/mol. The molecular formula is C13H22N2O2. The fourth-order valence-corrected chi connectivity index (χ4v) is 2.09. The molecule has 0 radical (unpaired) electrons. The third kappa shape index (κ3) is 4.13. The maximum Gasteiger partial charge on any atom is 0.208 e. The number of ether oxygens (including phenoxy) is 1. The summed E-state index contributed by atoms with van der Waals surface area (Å²) in [5.74, 6) is 1.73. The lowest BCUT2D eigenvalue weighted by molar-refractivity contribution is 0.0138.